The number of carboxylic acid groups (broad SMARTS) is 2. The molecule has 33 heavy (non-hydrogen) atoms. The van der Waals surface area contributed by atoms with Gasteiger partial charge in [-0.1, -0.05) is 20.3 Å². The molecule has 5 atom stereocenters. The minimum atomic E-state index is -1.47. The van der Waals surface area contributed by atoms with Crippen molar-refractivity contribution < 1.29 is 39.3 Å². The molecule has 0 bridgehead atoms. The molecule has 13 heteroatoms. The largest absolute Gasteiger partial charge is 0.481 e. The molecule has 0 rings (SSSR count). The van der Waals surface area contributed by atoms with E-state index in [1.54, 1.807) is 13.8 Å². The monoisotopic (exact) mass is 475 g/mol. The van der Waals surface area contributed by atoms with Crippen LogP contribution in [0, 0.1) is 5.92 Å². The standard InChI is InChI=1S/C20H37N5O8/c1-10(2)15(18(30)23-13(20(32)33)7-8-14(27)28)24-19(31)16(11(3)26)25-17(29)12(22)6-4-5-9-21/h10-13,15-16,26H,4-9,21-22H2,1-3H3,(H,23,30)(H,24,31)(H,25,29)(H,27,28)(H,32,33). The lowest BCUT2D eigenvalue weighted by Crippen LogP contribution is -2.60. The van der Waals surface area contributed by atoms with Crippen LogP contribution in [-0.2, 0) is 24.0 Å². The van der Waals surface area contributed by atoms with Gasteiger partial charge in [-0.2, -0.15) is 0 Å². The lowest BCUT2D eigenvalue weighted by atomic mass is 10.0. The van der Waals surface area contributed by atoms with Crippen molar-refractivity contribution >= 4 is 29.7 Å². The molecule has 0 aromatic rings. The van der Waals surface area contributed by atoms with Crippen molar-refractivity contribution in [3.8, 4) is 0 Å². The number of carbonyl (C=O) groups excluding carboxylic acids is 3. The van der Waals surface area contributed by atoms with E-state index in [1.165, 1.54) is 6.92 Å². The van der Waals surface area contributed by atoms with Gasteiger partial charge in [-0.05, 0) is 38.6 Å². The third kappa shape index (κ3) is 11.6. The lowest BCUT2D eigenvalue weighted by Gasteiger charge is -2.28. The number of amides is 3. The second-order valence-corrected chi connectivity index (χ2v) is 8.18. The highest BCUT2D eigenvalue weighted by Gasteiger charge is 2.33. The van der Waals surface area contributed by atoms with E-state index < -0.39 is 72.3 Å². The zero-order valence-electron chi connectivity index (χ0n) is 19.2. The molecule has 0 aromatic heterocycles. The van der Waals surface area contributed by atoms with Crippen LogP contribution in [0.2, 0.25) is 0 Å². The molecule has 3 amide bonds. The van der Waals surface area contributed by atoms with E-state index in [0.717, 1.165) is 0 Å². The lowest BCUT2D eigenvalue weighted by molar-refractivity contribution is -0.143. The van der Waals surface area contributed by atoms with E-state index in [1.807, 2.05) is 0 Å². The second-order valence-electron chi connectivity index (χ2n) is 8.18. The molecule has 0 aromatic carbocycles. The summed E-state index contributed by atoms with van der Waals surface area (Å²) < 4.78 is 0. The van der Waals surface area contributed by atoms with Gasteiger partial charge in [-0.15, -0.1) is 0 Å². The Hall–Kier alpha value is -2.77. The molecule has 10 N–H and O–H groups in total. The average molecular weight is 476 g/mol. The van der Waals surface area contributed by atoms with Crippen molar-refractivity contribution in [2.45, 2.75) is 83.1 Å². The summed E-state index contributed by atoms with van der Waals surface area (Å²) in [5.41, 5.74) is 11.2. The van der Waals surface area contributed by atoms with Crippen LogP contribution in [0.3, 0.4) is 0 Å². The molecule has 0 aliphatic rings. The molecule has 0 saturated carbocycles. The number of hydrogen-bond donors (Lipinski definition) is 8. The van der Waals surface area contributed by atoms with Crippen molar-refractivity contribution in [3.63, 3.8) is 0 Å². The van der Waals surface area contributed by atoms with Crippen LogP contribution in [0.25, 0.3) is 0 Å². The Bertz CT molecular complexity index is 685. The Labute approximate surface area is 192 Å². The number of aliphatic hydroxyl groups is 1. The Morgan fingerprint density at radius 1 is 0.818 bits per heavy atom. The highest BCUT2D eigenvalue weighted by molar-refractivity contribution is 5.94. The van der Waals surface area contributed by atoms with Gasteiger partial charge in [0.1, 0.15) is 18.1 Å². The first-order valence-electron chi connectivity index (χ1n) is 10.8. The Kier molecular flexibility index (Phi) is 13.9. The molecule has 0 heterocycles. The van der Waals surface area contributed by atoms with Crippen LogP contribution in [0.1, 0.15) is 52.9 Å². The van der Waals surface area contributed by atoms with Crippen LogP contribution < -0.4 is 27.4 Å². The van der Waals surface area contributed by atoms with Crippen LogP contribution in [0.5, 0.6) is 0 Å². The van der Waals surface area contributed by atoms with E-state index in [9.17, 15) is 34.2 Å². The number of aliphatic hydroxyl groups excluding tert-OH is 1. The predicted molar refractivity (Wildman–Crippen MR) is 118 cm³/mol. The maximum Gasteiger partial charge on any atom is 0.326 e. The minimum Gasteiger partial charge on any atom is -0.481 e. The van der Waals surface area contributed by atoms with E-state index in [0.29, 0.717) is 25.8 Å². The Balaban J connectivity index is 5.26. The molecule has 0 aliphatic heterocycles. The number of nitrogens with two attached hydrogens (primary N) is 2. The molecule has 5 unspecified atom stereocenters. The number of carboxylic acids is 2. The highest BCUT2D eigenvalue weighted by Crippen LogP contribution is 2.07. The van der Waals surface area contributed by atoms with Gasteiger partial charge >= 0.3 is 11.9 Å². The number of unbranched alkanes of at least 4 members (excludes halogenated alkanes) is 1. The number of hydrogen-bond acceptors (Lipinski definition) is 8. The van der Waals surface area contributed by atoms with Crippen LogP contribution >= 0.6 is 0 Å². The van der Waals surface area contributed by atoms with Gasteiger partial charge in [0.2, 0.25) is 17.7 Å². The Morgan fingerprint density at radius 3 is 1.82 bits per heavy atom. The normalized spacial score (nSPS) is 15.6. The fourth-order valence-electron chi connectivity index (χ4n) is 2.87. The summed E-state index contributed by atoms with van der Waals surface area (Å²) in [6.07, 6.45) is -0.513. The van der Waals surface area contributed by atoms with Crippen molar-refractivity contribution in [3.05, 3.63) is 0 Å². The fraction of sp³-hybridized carbons (Fsp3) is 0.750. The third-order valence-corrected chi connectivity index (χ3v) is 4.88. The first kappa shape index (κ1) is 30.2. The van der Waals surface area contributed by atoms with E-state index in [-0.39, 0.29) is 6.42 Å². The van der Waals surface area contributed by atoms with E-state index in [4.69, 9.17) is 16.6 Å². The maximum atomic E-state index is 12.7. The van der Waals surface area contributed by atoms with E-state index >= 15 is 0 Å². The predicted octanol–water partition coefficient (Wildman–Crippen LogP) is -2.12. The van der Waals surface area contributed by atoms with Gasteiger partial charge in [0.05, 0.1) is 12.1 Å². The second kappa shape index (κ2) is 15.1. The third-order valence-electron chi connectivity index (χ3n) is 4.88. The summed E-state index contributed by atoms with van der Waals surface area (Å²) in [6.45, 7) is 4.92. The van der Waals surface area contributed by atoms with Gasteiger partial charge in [0.25, 0.3) is 0 Å². The number of carbonyl (C=O) groups is 5. The molecule has 0 radical (unpaired) electrons. The quantitative estimate of drug-likeness (QED) is 0.113. The SMILES string of the molecule is CC(C)C(NC(=O)C(NC(=O)C(N)CCCCN)C(C)O)C(=O)NC(CCC(=O)O)C(=O)O. The summed E-state index contributed by atoms with van der Waals surface area (Å²) in [6, 6.07) is -5.00. The number of rotatable bonds is 16. The molecular weight excluding hydrogens is 438 g/mol. The number of nitrogens with one attached hydrogen (secondary N) is 3. The molecule has 0 fully saturated rings. The van der Waals surface area contributed by atoms with Gasteiger partial charge in [0, 0.05) is 6.42 Å². The average Bonchev–Trinajstić information content (AvgIpc) is 2.71. The summed E-state index contributed by atoms with van der Waals surface area (Å²) in [5, 5.41) is 35.0. The molecule has 13 nitrogen and oxygen atoms in total. The van der Waals surface area contributed by atoms with Crippen molar-refractivity contribution in [2.75, 3.05) is 6.54 Å². The van der Waals surface area contributed by atoms with Gasteiger partial charge in [0.15, 0.2) is 0 Å². The summed E-state index contributed by atoms with van der Waals surface area (Å²) >= 11 is 0. The van der Waals surface area contributed by atoms with Gasteiger partial charge in [-0.3, -0.25) is 19.2 Å². The van der Waals surface area contributed by atoms with Crippen molar-refractivity contribution in [2.24, 2.45) is 17.4 Å². The summed E-state index contributed by atoms with van der Waals surface area (Å²) in [7, 11) is 0. The van der Waals surface area contributed by atoms with Crippen LogP contribution in [-0.4, -0.2) is 81.8 Å². The summed E-state index contributed by atoms with van der Waals surface area (Å²) in [5.74, 6) is -5.49. The smallest absolute Gasteiger partial charge is 0.326 e. The van der Waals surface area contributed by atoms with Crippen LogP contribution in [0.15, 0.2) is 0 Å². The Morgan fingerprint density at radius 2 is 1.36 bits per heavy atom. The van der Waals surface area contributed by atoms with Gasteiger partial charge < -0.3 is 42.7 Å². The highest BCUT2D eigenvalue weighted by atomic mass is 16.4. The molecule has 190 valence electrons. The molecular formula is C20H37N5O8. The van der Waals surface area contributed by atoms with Crippen molar-refractivity contribution in [1.29, 1.82) is 0 Å². The van der Waals surface area contributed by atoms with Crippen molar-refractivity contribution in [1.82, 2.24) is 16.0 Å². The fourth-order valence-corrected chi connectivity index (χ4v) is 2.87. The molecule has 0 aliphatic carbocycles. The zero-order valence-corrected chi connectivity index (χ0v) is 19.2. The first-order valence-corrected chi connectivity index (χ1v) is 10.8. The maximum absolute atomic E-state index is 12.7. The van der Waals surface area contributed by atoms with Gasteiger partial charge in [-0.25, -0.2) is 4.79 Å². The topological polar surface area (TPSA) is 234 Å². The van der Waals surface area contributed by atoms with E-state index in [2.05, 4.69) is 16.0 Å². The minimum absolute atomic E-state index is 0.334. The molecule has 0 spiro atoms. The number of aliphatic carboxylic acids is 2. The first-order chi connectivity index (χ1) is 15.3. The van der Waals surface area contributed by atoms with Crippen LogP contribution in [0.4, 0.5) is 0 Å². The summed E-state index contributed by atoms with van der Waals surface area (Å²) in [4.78, 5) is 59.7. The molecule has 0 saturated heterocycles. The zero-order chi connectivity index (χ0) is 25.7.